The minimum absolute atomic E-state index is 0.0227. The van der Waals surface area contributed by atoms with Crippen molar-refractivity contribution in [2.45, 2.75) is 17.9 Å². The van der Waals surface area contributed by atoms with Crippen LogP contribution in [0.1, 0.15) is 16.6 Å². The Kier molecular flexibility index (Phi) is 6.71. The standard InChI is InChI=1S/C19H25N3O4S2/c1-15(21-9-11-22(12-10-21)16-6-4-3-5-7-16)14-20-28(24,25)17-8-13-27-18(17)19(23)26-2/h3-8,13,15,20H,9-12,14H2,1-2H3. The number of piperazine rings is 1. The van der Waals surface area contributed by atoms with Crippen molar-refractivity contribution in [2.24, 2.45) is 0 Å². The quantitative estimate of drug-likeness (QED) is 0.687. The van der Waals surface area contributed by atoms with E-state index in [9.17, 15) is 13.2 Å². The number of thiophene rings is 1. The van der Waals surface area contributed by atoms with Gasteiger partial charge in [-0.05, 0) is 30.5 Å². The molecule has 28 heavy (non-hydrogen) atoms. The van der Waals surface area contributed by atoms with Crippen molar-refractivity contribution in [1.29, 1.82) is 0 Å². The number of esters is 1. The van der Waals surface area contributed by atoms with E-state index in [0.29, 0.717) is 0 Å². The minimum atomic E-state index is -3.77. The fourth-order valence-corrected chi connectivity index (χ4v) is 5.70. The molecule has 0 amide bonds. The summed E-state index contributed by atoms with van der Waals surface area (Å²) in [7, 11) is -2.53. The van der Waals surface area contributed by atoms with Crippen LogP contribution in [0.3, 0.4) is 0 Å². The number of sulfonamides is 1. The normalized spacial score (nSPS) is 16.7. The van der Waals surface area contributed by atoms with Gasteiger partial charge < -0.3 is 9.64 Å². The third-order valence-electron chi connectivity index (χ3n) is 4.92. The molecule has 1 aliphatic heterocycles. The van der Waals surface area contributed by atoms with E-state index < -0.39 is 16.0 Å². The van der Waals surface area contributed by atoms with Gasteiger partial charge in [-0.3, -0.25) is 4.90 Å². The molecule has 1 unspecified atom stereocenters. The van der Waals surface area contributed by atoms with Crippen molar-refractivity contribution >= 4 is 33.0 Å². The van der Waals surface area contributed by atoms with Crippen LogP contribution >= 0.6 is 11.3 Å². The van der Waals surface area contributed by atoms with Gasteiger partial charge in [-0.25, -0.2) is 17.9 Å². The Morgan fingerprint density at radius 3 is 2.50 bits per heavy atom. The average molecular weight is 424 g/mol. The molecule has 1 aromatic carbocycles. The van der Waals surface area contributed by atoms with Crippen molar-refractivity contribution in [1.82, 2.24) is 9.62 Å². The van der Waals surface area contributed by atoms with Crippen LogP contribution in [0.4, 0.5) is 5.69 Å². The molecule has 0 saturated carbocycles. The van der Waals surface area contributed by atoms with E-state index in [0.717, 1.165) is 37.5 Å². The van der Waals surface area contributed by atoms with Crippen LogP contribution in [0.25, 0.3) is 0 Å². The molecular weight excluding hydrogens is 398 g/mol. The zero-order valence-electron chi connectivity index (χ0n) is 16.0. The van der Waals surface area contributed by atoms with Crippen LogP contribution in [-0.2, 0) is 14.8 Å². The molecule has 1 aliphatic rings. The summed E-state index contributed by atoms with van der Waals surface area (Å²) in [6.45, 7) is 5.82. The van der Waals surface area contributed by atoms with Gasteiger partial charge in [0.25, 0.3) is 0 Å². The first-order valence-corrected chi connectivity index (χ1v) is 11.5. The lowest BCUT2D eigenvalue weighted by Gasteiger charge is -2.39. The maximum Gasteiger partial charge on any atom is 0.349 e. The Morgan fingerprint density at radius 1 is 1.18 bits per heavy atom. The molecule has 7 nitrogen and oxygen atoms in total. The fraction of sp³-hybridized carbons (Fsp3) is 0.421. The second-order valence-corrected chi connectivity index (χ2v) is 9.32. The molecule has 3 rings (SSSR count). The molecule has 0 aliphatic carbocycles. The number of hydrogen-bond donors (Lipinski definition) is 1. The summed E-state index contributed by atoms with van der Waals surface area (Å²) >= 11 is 1.06. The van der Waals surface area contributed by atoms with Crippen molar-refractivity contribution in [3.05, 3.63) is 46.7 Å². The number of hydrogen-bond acceptors (Lipinski definition) is 7. The molecule has 0 spiro atoms. The lowest BCUT2D eigenvalue weighted by atomic mass is 10.2. The average Bonchev–Trinajstić information content (AvgIpc) is 3.23. The van der Waals surface area contributed by atoms with Gasteiger partial charge in [-0.1, -0.05) is 18.2 Å². The van der Waals surface area contributed by atoms with E-state index >= 15 is 0 Å². The van der Waals surface area contributed by atoms with Crippen molar-refractivity contribution in [2.75, 3.05) is 44.7 Å². The molecule has 9 heteroatoms. The molecule has 1 fully saturated rings. The van der Waals surface area contributed by atoms with E-state index in [4.69, 9.17) is 0 Å². The summed E-state index contributed by atoms with van der Waals surface area (Å²) in [5.74, 6) is -0.638. The number of carbonyl (C=O) groups excluding carboxylic acids is 1. The predicted octanol–water partition coefficient (Wildman–Crippen LogP) is 2.02. The highest BCUT2D eigenvalue weighted by Crippen LogP contribution is 2.23. The van der Waals surface area contributed by atoms with Crippen LogP contribution in [0.15, 0.2) is 46.7 Å². The maximum atomic E-state index is 12.6. The zero-order chi connectivity index (χ0) is 20.1. The maximum absolute atomic E-state index is 12.6. The Bertz CT molecular complexity index is 891. The van der Waals surface area contributed by atoms with Gasteiger partial charge >= 0.3 is 5.97 Å². The van der Waals surface area contributed by atoms with E-state index in [2.05, 4.69) is 31.4 Å². The number of benzene rings is 1. The number of nitrogens with one attached hydrogen (secondary N) is 1. The largest absolute Gasteiger partial charge is 0.465 e. The SMILES string of the molecule is COC(=O)c1sccc1S(=O)(=O)NCC(C)N1CCN(c2ccccc2)CC1. The summed E-state index contributed by atoms with van der Waals surface area (Å²) in [4.78, 5) is 16.4. The van der Waals surface area contributed by atoms with Crippen LogP contribution in [0.5, 0.6) is 0 Å². The summed E-state index contributed by atoms with van der Waals surface area (Å²) in [5.41, 5.74) is 1.21. The van der Waals surface area contributed by atoms with Gasteiger partial charge in [0.05, 0.1) is 7.11 Å². The van der Waals surface area contributed by atoms with Crippen LogP contribution in [-0.4, -0.2) is 65.2 Å². The minimum Gasteiger partial charge on any atom is -0.465 e. The molecular formula is C19H25N3O4S2. The van der Waals surface area contributed by atoms with Crippen LogP contribution in [0.2, 0.25) is 0 Å². The van der Waals surface area contributed by atoms with Crippen molar-refractivity contribution < 1.29 is 17.9 Å². The molecule has 1 saturated heterocycles. The van der Waals surface area contributed by atoms with E-state index in [1.54, 1.807) is 5.38 Å². The summed E-state index contributed by atoms with van der Waals surface area (Å²) < 4.78 is 32.5. The van der Waals surface area contributed by atoms with Crippen molar-refractivity contribution in [3.8, 4) is 0 Å². The lowest BCUT2D eigenvalue weighted by Crippen LogP contribution is -2.52. The van der Waals surface area contributed by atoms with Gasteiger partial charge in [0.15, 0.2) is 0 Å². The molecule has 1 aromatic heterocycles. The molecule has 1 atom stereocenters. The monoisotopic (exact) mass is 423 g/mol. The smallest absolute Gasteiger partial charge is 0.349 e. The molecule has 1 N–H and O–H groups in total. The van der Waals surface area contributed by atoms with Gasteiger partial charge in [0.2, 0.25) is 10.0 Å². The number of ether oxygens (including phenoxy) is 1. The summed E-state index contributed by atoms with van der Waals surface area (Å²) in [6.07, 6.45) is 0. The molecule has 0 bridgehead atoms. The van der Waals surface area contributed by atoms with Crippen LogP contribution in [0, 0.1) is 0 Å². The second kappa shape index (κ2) is 9.04. The third kappa shape index (κ3) is 4.72. The number of carbonyl (C=O) groups is 1. The Labute approximate surface area is 170 Å². The first-order valence-electron chi connectivity index (χ1n) is 9.12. The highest BCUT2D eigenvalue weighted by molar-refractivity contribution is 7.89. The van der Waals surface area contributed by atoms with Crippen LogP contribution < -0.4 is 9.62 Å². The molecule has 0 radical (unpaired) electrons. The zero-order valence-corrected chi connectivity index (χ0v) is 17.6. The Morgan fingerprint density at radius 2 is 1.86 bits per heavy atom. The van der Waals surface area contributed by atoms with Gasteiger partial charge in [-0.15, -0.1) is 11.3 Å². The first-order chi connectivity index (χ1) is 13.4. The second-order valence-electron chi connectivity index (χ2n) is 6.67. The van der Waals surface area contributed by atoms with E-state index in [-0.39, 0.29) is 22.4 Å². The highest BCUT2D eigenvalue weighted by Gasteiger charge is 2.27. The number of para-hydroxylation sites is 1. The van der Waals surface area contributed by atoms with Crippen molar-refractivity contribution in [3.63, 3.8) is 0 Å². The number of nitrogens with zero attached hydrogens (tertiary/aromatic N) is 2. The van der Waals surface area contributed by atoms with E-state index in [1.807, 2.05) is 25.1 Å². The predicted molar refractivity (Wildman–Crippen MR) is 111 cm³/mol. The summed E-state index contributed by atoms with van der Waals surface area (Å²) in [6, 6.07) is 11.8. The Hall–Kier alpha value is -1.94. The summed E-state index contributed by atoms with van der Waals surface area (Å²) in [5, 5.41) is 1.58. The lowest BCUT2D eigenvalue weighted by molar-refractivity contribution is 0.0602. The highest BCUT2D eigenvalue weighted by atomic mass is 32.2. The van der Waals surface area contributed by atoms with Gasteiger partial charge in [-0.2, -0.15) is 0 Å². The number of methoxy groups -OCH3 is 1. The number of anilines is 1. The van der Waals surface area contributed by atoms with Gasteiger partial charge in [0.1, 0.15) is 9.77 Å². The first kappa shape index (κ1) is 20.8. The molecule has 2 heterocycles. The topological polar surface area (TPSA) is 78.9 Å². The van der Waals surface area contributed by atoms with E-state index in [1.165, 1.54) is 18.9 Å². The molecule has 152 valence electrons. The van der Waals surface area contributed by atoms with Gasteiger partial charge in [0, 0.05) is 44.5 Å². The molecule has 2 aromatic rings. The number of rotatable bonds is 7. The fourth-order valence-electron chi connectivity index (χ4n) is 3.25. The third-order valence-corrected chi connectivity index (χ3v) is 7.41. The Balaban J connectivity index is 1.55.